The van der Waals surface area contributed by atoms with Crippen LogP contribution in [-0.4, -0.2) is 15.5 Å². The van der Waals surface area contributed by atoms with Gasteiger partial charge in [0.1, 0.15) is 5.82 Å². The number of rotatable bonds is 3. The Bertz CT molecular complexity index is 569. The van der Waals surface area contributed by atoms with Gasteiger partial charge in [0.2, 0.25) is 5.91 Å². The second-order valence-corrected chi connectivity index (χ2v) is 4.65. The van der Waals surface area contributed by atoms with Crippen LogP contribution in [0.15, 0.2) is 18.2 Å². The molecule has 1 aromatic carbocycles. The van der Waals surface area contributed by atoms with Crippen molar-refractivity contribution in [2.24, 2.45) is 12.8 Å². The first-order valence-electron chi connectivity index (χ1n) is 5.72. The summed E-state index contributed by atoms with van der Waals surface area (Å²) in [6, 6.07) is 5.86. The zero-order valence-corrected chi connectivity index (χ0v) is 10.4. The lowest BCUT2D eigenvalue weighted by atomic mass is 10.1. The lowest BCUT2D eigenvalue weighted by molar-refractivity contribution is -0.117. The van der Waals surface area contributed by atoms with E-state index >= 15 is 0 Å². The van der Waals surface area contributed by atoms with Gasteiger partial charge in [0, 0.05) is 13.0 Å². The van der Waals surface area contributed by atoms with E-state index in [4.69, 9.17) is 5.73 Å². The summed E-state index contributed by atoms with van der Waals surface area (Å²) in [5.74, 6) is 1.12. The smallest absolute Gasteiger partial charge is 0.221 e. The maximum absolute atomic E-state index is 10.9. The number of nitrogens with zero attached hydrogens (tertiary/aromatic N) is 2. The molecular weight excluding hydrogens is 214 g/mol. The highest BCUT2D eigenvalue weighted by Crippen LogP contribution is 2.21. The normalized spacial score (nSPS) is 11.3. The van der Waals surface area contributed by atoms with Crippen LogP contribution in [0.3, 0.4) is 0 Å². The van der Waals surface area contributed by atoms with Crippen LogP contribution in [0, 0.1) is 0 Å². The summed E-state index contributed by atoms with van der Waals surface area (Å²) >= 11 is 0. The molecule has 1 heterocycles. The van der Waals surface area contributed by atoms with E-state index in [1.54, 1.807) is 0 Å². The van der Waals surface area contributed by atoms with Crippen molar-refractivity contribution in [3.63, 3.8) is 0 Å². The van der Waals surface area contributed by atoms with Crippen molar-refractivity contribution in [3.8, 4) is 0 Å². The lowest BCUT2D eigenvalue weighted by Crippen LogP contribution is -2.13. The number of aromatic nitrogens is 2. The fourth-order valence-electron chi connectivity index (χ4n) is 2.09. The Balaban J connectivity index is 2.51. The van der Waals surface area contributed by atoms with Gasteiger partial charge in [-0.05, 0) is 17.7 Å². The van der Waals surface area contributed by atoms with Crippen molar-refractivity contribution in [3.05, 3.63) is 29.6 Å². The van der Waals surface area contributed by atoms with Gasteiger partial charge < -0.3 is 10.3 Å². The fourth-order valence-corrected chi connectivity index (χ4v) is 2.09. The Morgan fingerprint density at radius 3 is 2.76 bits per heavy atom. The van der Waals surface area contributed by atoms with Crippen molar-refractivity contribution in [2.45, 2.75) is 26.2 Å². The first-order chi connectivity index (χ1) is 7.99. The first kappa shape index (κ1) is 11.6. The van der Waals surface area contributed by atoms with Gasteiger partial charge in [-0.1, -0.05) is 19.9 Å². The zero-order chi connectivity index (χ0) is 12.6. The van der Waals surface area contributed by atoms with Crippen LogP contribution >= 0.6 is 0 Å². The molecule has 0 aliphatic heterocycles. The summed E-state index contributed by atoms with van der Waals surface area (Å²) in [6.45, 7) is 4.23. The monoisotopic (exact) mass is 231 g/mol. The molecule has 0 unspecified atom stereocenters. The van der Waals surface area contributed by atoms with Gasteiger partial charge in [-0.2, -0.15) is 0 Å². The van der Waals surface area contributed by atoms with Crippen molar-refractivity contribution >= 4 is 16.9 Å². The number of nitrogens with two attached hydrogens (primary N) is 1. The fraction of sp³-hybridized carbons (Fsp3) is 0.385. The van der Waals surface area contributed by atoms with E-state index in [2.05, 4.69) is 23.4 Å². The minimum Gasteiger partial charge on any atom is -0.369 e. The molecule has 2 aromatic rings. The molecule has 0 saturated heterocycles. The van der Waals surface area contributed by atoms with E-state index in [1.165, 1.54) is 0 Å². The number of fused-ring (bicyclic) bond motifs is 1. The molecule has 0 bridgehead atoms. The van der Waals surface area contributed by atoms with Crippen LogP contribution in [0.4, 0.5) is 0 Å². The van der Waals surface area contributed by atoms with Gasteiger partial charge >= 0.3 is 0 Å². The van der Waals surface area contributed by atoms with E-state index in [1.807, 2.05) is 25.2 Å². The molecule has 4 nitrogen and oxygen atoms in total. The summed E-state index contributed by atoms with van der Waals surface area (Å²) in [5, 5.41) is 0. The van der Waals surface area contributed by atoms with Crippen LogP contribution in [0.5, 0.6) is 0 Å². The molecule has 2 rings (SSSR count). The minimum absolute atomic E-state index is 0.267. The van der Waals surface area contributed by atoms with Gasteiger partial charge in [0.15, 0.2) is 0 Å². The standard InChI is InChI=1S/C13H17N3O/c1-8(2)13-15-10-6-9(7-12(14)17)4-5-11(10)16(13)3/h4-6,8H,7H2,1-3H3,(H2,14,17). The molecule has 2 N–H and O–H groups in total. The molecular formula is C13H17N3O. The Hall–Kier alpha value is -1.84. The number of carbonyl (C=O) groups excluding carboxylic acids is 1. The third-order valence-corrected chi connectivity index (χ3v) is 2.87. The Kier molecular flexibility index (Phi) is 2.88. The number of primary amides is 1. The summed E-state index contributed by atoms with van der Waals surface area (Å²) in [6.07, 6.45) is 0.267. The third-order valence-electron chi connectivity index (χ3n) is 2.87. The molecule has 17 heavy (non-hydrogen) atoms. The van der Waals surface area contributed by atoms with E-state index in [-0.39, 0.29) is 12.3 Å². The number of imidazole rings is 1. The molecule has 0 radical (unpaired) electrons. The largest absolute Gasteiger partial charge is 0.369 e. The molecule has 90 valence electrons. The maximum Gasteiger partial charge on any atom is 0.221 e. The number of amides is 1. The second kappa shape index (κ2) is 4.20. The quantitative estimate of drug-likeness (QED) is 0.874. The lowest BCUT2D eigenvalue weighted by Gasteiger charge is -2.04. The van der Waals surface area contributed by atoms with E-state index < -0.39 is 0 Å². The van der Waals surface area contributed by atoms with Gasteiger partial charge in [0.25, 0.3) is 0 Å². The predicted molar refractivity (Wildman–Crippen MR) is 67.7 cm³/mol. The summed E-state index contributed by atoms with van der Waals surface area (Å²) in [4.78, 5) is 15.5. The average Bonchev–Trinajstić information content (AvgIpc) is 2.55. The van der Waals surface area contributed by atoms with Crippen molar-refractivity contribution in [1.29, 1.82) is 0 Å². The number of carbonyl (C=O) groups is 1. The van der Waals surface area contributed by atoms with Gasteiger partial charge in [-0.3, -0.25) is 4.79 Å². The van der Waals surface area contributed by atoms with Crippen molar-refractivity contribution < 1.29 is 4.79 Å². The number of hydrogen-bond acceptors (Lipinski definition) is 2. The van der Waals surface area contributed by atoms with Gasteiger partial charge in [0.05, 0.1) is 17.5 Å². The highest BCUT2D eigenvalue weighted by Gasteiger charge is 2.11. The molecule has 0 atom stereocenters. The summed E-state index contributed by atoms with van der Waals surface area (Å²) in [7, 11) is 2.01. The van der Waals surface area contributed by atoms with Crippen molar-refractivity contribution in [2.75, 3.05) is 0 Å². The zero-order valence-electron chi connectivity index (χ0n) is 10.4. The molecule has 0 fully saturated rings. The predicted octanol–water partition coefficient (Wildman–Crippen LogP) is 1.72. The third kappa shape index (κ3) is 2.16. The Morgan fingerprint density at radius 2 is 2.18 bits per heavy atom. The van der Waals surface area contributed by atoms with Crippen LogP contribution < -0.4 is 5.73 Å². The van der Waals surface area contributed by atoms with Crippen LogP contribution in [0.25, 0.3) is 11.0 Å². The van der Waals surface area contributed by atoms with Gasteiger partial charge in [-0.25, -0.2) is 4.98 Å². The molecule has 0 aliphatic rings. The SMILES string of the molecule is CC(C)c1nc2cc(CC(N)=O)ccc2n1C. The molecule has 1 amide bonds. The average molecular weight is 231 g/mol. The number of benzene rings is 1. The molecule has 0 spiro atoms. The number of aryl methyl sites for hydroxylation is 1. The molecule has 0 saturated carbocycles. The van der Waals surface area contributed by atoms with Gasteiger partial charge in [-0.15, -0.1) is 0 Å². The highest BCUT2D eigenvalue weighted by molar-refractivity contribution is 5.81. The van der Waals surface area contributed by atoms with Crippen molar-refractivity contribution in [1.82, 2.24) is 9.55 Å². The van der Waals surface area contributed by atoms with E-state index in [9.17, 15) is 4.79 Å². The van der Waals surface area contributed by atoms with Crippen LogP contribution in [0.1, 0.15) is 31.2 Å². The Morgan fingerprint density at radius 1 is 1.47 bits per heavy atom. The maximum atomic E-state index is 10.9. The Labute approximate surface area is 100 Å². The van der Waals surface area contributed by atoms with Crippen LogP contribution in [0.2, 0.25) is 0 Å². The van der Waals surface area contributed by atoms with E-state index in [0.717, 1.165) is 22.4 Å². The summed E-state index contributed by atoms with van der Waals surface area (Å²) in [5.41, 5.74) is 8.11. The first-order valence-corrected chi connectivity index (χ1v) is 5.72. The topological polar surface area (TPSA) is 60.9 Å². The molecule has 0 aliphatic carbocycles. The second-order valence-electron chi connectivity index (χ2n) is 4.65. The minimum atomic E-state index is -0.315. The highest BCUT2D eigenvalue weighted by atomic mass is 16.1. The van der Waals surface area contributed by atoms with E-state index in [0.29, 0.717) is 5.92 Å². The number of hydrogen-bond donors (Lipinski definition) is 1. The molecule has 1 aromatic heterocycles. The van der Waals surface area contributed by atoms with Crippen LogP contribution in [-0.2, 0) is 18.3 Å². The summed E-state index contributed by atoms with van der Waals surface area (Å²) < 4.78 is 2.09. The molecule has 4 heteroatoms.